The molecule has 0 fully saturated rings. The first kappa shape index (κ1) is 23.9. The normalized spacial score (nSPS) is 11.2. The molecule has 0 aliphatic heterocycles. The number of hydrogen-bond acceptors (Lipinski definition) is 7. The molecule has 8 heteroatoms. The van der Waals surface area contributed by atoms with Gasteiger partial charge < -0.3 is 19.3 Å². The number of carboxylic acids is 1. The zero-order valence-corrected chi connectivity index (χ0v) is 16.4. The molecule has 0 aliphatic rings. The van der Waals surface area contributed by atoms with Gasteiger partial charge in [-0.15, -0.1) is 0 Å². The van der Waals surface area contributed by atoms with Gasteiger partial charge in [0.1, 0.15) is 5.75 Å². The Hall–Kier alpha value is -3.16. The molecule has 0 aliphatic carbocycles. The van der Waals surface area contributed by atoms with Gasteiger partial charge in [0.25, 0.3) is 0 Å². The van der Waals surface area contributed by atoms with E-state index in [2.05, 4.69) is 6.58 Å². The lowest BCUT2D eigenvalue weighted by Crippen LogP contribution is -2.15. The average Bonchev–Trinajstić information content (AvgIpc) is 2.70. The highest BCUT2D eigenvalue weighted by molar-refractivity contribution is 5.87. The number of rotatable bonds is 13. The molecular formula is C21H26O8. The molecule has 1 aromatic carbocycles. The molecule has 0 saturated carbocycles. The SMILES string of the molecule is C=CC(=O)OCCCCC(C)COC(=O)CCC(=O)Oc1ccc(C(=O)O)cc1. The summed E-state index contributed by atoms with van der Waals surface area (Å²) in [5.74, 6) is -2.25. The molecule has 8 nitrogen and oxygen atoms in total. The summed E-state index contributed by atoms with van der Waals surface area (Å²) in [5, 5.41) is 8.81. The minimum atomic E-state index is -1.07. The lowest BCUT2D eigenvalue weighted by atomic mass is 10.1. The first-order valence-electron chi connectivity index (χ1n) is 9.30. The highest BCUT2D eigenvalue weighted by Gasteiger charge is 2.12. The summed E-state index contributed by atoms with van der Waals surface area (Å²) < 4.78 is 15.1. The Labute approximate surface area is 169 Å². The van der Waals surface area contributed by atoms with Crippen molar-refractivity contribution in [1.29, 1.82) is 0 Å². The fourth-order valence-corrected chi connectivity index (χ4v) is 2.27. The van der Waals surface area contributed by atoms with E-state index in [1.54, 1.807) is 0 Å². The van der Waals surface area contributed by atoms with Crippen molar-refractivity contribution < 1.29 is 38.5 Å². The highest BCUT2D eigenvalue weighted by Crippen LogP contribution is 2.14. The van der Waals surface area contributed by atoms with Crippen molar-refractivity contribution in [3.05, 3.63) is 42.5 Å². The monoisotopic (exact) mass is 406 g/mol. The third kappa shape index (κ3) is 10.7. The van der Waals surface area contributed by atoms with Crippen molar-refractivity contribution in [3.8, 4) is 5.75 Å². The average molecular weight is 406 g/mol. The maximum atomic E-state index is 11.8. The topological polar surface area (TPSA) is 116 Å². The van der Waals surface area contributed by atoms with Crippen LogP contribution < -0.4 is 4.74 Å². The molecule has 1 unspecified atom stereocenters. The zero-order valence-electron chi connectivity index (χ0n) is 16.4. The van der Waals surface area contributed by atoms with Gasteiger partial charge in [-0.1, -0.05) is 13.5 Å². The second-order valence-electron chi connectivity index (χ2n) is 6.46. The lowest BCUT2D eigenvalue weighted by molar-refractivity contribution is -0.148. The van der Waals surface area contributed by atoms with Crippen LogP contribution in [0.15, 0.2) is 36.9 Å². The van der Waals surface area contributed by atoms with E-state index in [-0.39, 0.29) is 36.7 Å². The van der Waals surface area contributed by atoms with E-state index in [1.807, 2.05) is 6.92 Å². The Bertz CT molecular complexity index is 708. The van der Waals surface area contributed by atoms with Gasteiger partial charge in [-0.25, -0.2) is 9.59 Å². The van der Waals surface area contributed by atoms with Crippen molar-refractivity contribution in [3.63, 3.8) is 0 Å². The van der Waals surface area contributed by atoms with E-state index >= 15 is 0 Å². The van der Waals surface area contributed by atoms with Crippen LogP contribution in [0, 0.1) is 5.92 Å². The second kappa shape index (κ2) is 13.1. The number of carbonyl (C=O) groups excluding carboxylic acids is 3. The van der Waals surface area contributed by atoms with Crippen LogP contribution in [0.5, 0.6) is 5.75 Å². The molecule has 1 rings (SSSR count). The number of unbranched alkanes of at least 4 members (excludes halogenated alkanes) is 1. The lowest BCUT2D eigenvalue weighted by Gasteiger charge is -2.12. The Balaban J connectivity index is 2.16. The van der Waals surface area contributed by atoms with Gasteiger partial charge in [0.2, 0.25) is 0 Å². The summed E-state index contributed by atoms with van der Waals surface area (Å²) >= 11 is 0. The molecule has 158 valence electrons. The smallest absolute Gasteiger partial charge is 0.335 e. The van der Waals surface area contributed by atoms with Crippen LogP contribution in [0.25, 0.3) is 0 Å². The molecule has 1 aromatic rings. The number of ether oxygens (including phenoxy) is 3. The van der Waals surface area contributed by atoms with Gasteiger partial charge in [-0.3, -0.25) is 9.59 Å². The predicted octanol–water partition coefficient (Wildman–Crippen LogP) is 3.15. The molecular weight excluding hydrogens is 380 g/mol. The van der Waals surface area contributed by atoms with E-state index in [0.717, 1.165) is 25.3 Å². The quantitative estimate of drug-likeness (QED) is 0.230. The summed E-state index contributed by atoms with van der Waals surface area (Å²) in [6.07, 6.45) is 3.24. The van der Waals surface area contributed by atoms with Crippen molar-refractivity contribution >= 4 is 23.9 Å². The van der Waals surface area contributed by atoms with Crippen LogP contribution in [-0.4, -0.2) is 42.2 Å². The first-order valence-corrected chi connectivity index (χ1v) is 9.30. The predicted molar refractivity (Wildman–Crippen MR) is 103 cm³/mol. The summed E-state index contributed by atoms with van der Waals surface area (Å²) in [6.45, 7) is 5.83. The van der Waals surface area contributed by atoms with E-state index in [1.165, 1.54) is 24.3 Å². The van der Waals surface area contributed by atoms with Crippen LogP contribution >= 0.6 is 0 Å². The van der Waals surface area contributed by atoms with Gasteiger partial charge in [0.15, 0.2) is 0 Å². The molecule has 0 bridgehead atoms. The Morgan fingerprint density at radius 3 is 2.31 bits per heavy atom. The van der Waals surface area contributed by atoms with Crippen LogP contribution in [0.1, 0.15) is 49.4 Å². The third-order valence-corrected chi connectivity index (χ3v) is 3.90. The fourth-order valence-electron chi connectivity index (χ4n) is 2.27. The summed E-state index contributed by atoms with van der Waals surface area (Å²) in [5.41, 5.74) is 0.0836. The number of esters is 3. The van der Waals surface area contributed by atoms with E-state index < -0.39 is 23.9 Å². The molecule has 0 heterocycles. The zero-order chi connectivity index (χ0) is 21.6. The minimum absolute atomic E-state index is 0.0836. The van der Waals surface area contributed by atoms with Gasteiger partial charge in [0, 0.05) is 6.08 Å². The second-order valence-corrected chi connectivity index (χ2v) is 6.46. The molecule has 0 saturated heterocycles. The Kier molecular flexibility index (Phi) is 10.8. The highest BCUT2D eigenvalue weighted by atomic mass is 16.5. The molecule has 0 amide bonds. The van der Waals surface area contributed by atoms with E-state index in [4.69, 9.17) is 19.3 Å². The number of hydrogen-bond donors (Lipinski definition) is 1. The summed E-state index contributed by atoms with van der Waals surface area (Å²) in [7, 11) is 0. The summed E-state index contributed by atoms with van der Waals surface area (Å²) in [6, 6.07) is 5.40. The van der Waals surface area contributed by atoms with Crippen molar-refractivity contribution in [2.75, 3.05) is 13.2 Å². The number of carbonyl (C=O) groups is 4. The van der Waals surface area contributed by atoms with Crippen molar-refractivity contribution in [2.24, 2.45) is 5.92 Å². The van der Waals surface area contributed by atoms with Gasteiger partial charge >= 0.3 is 23.9 Å². The molecule has 0 spiro atoms. The molecule has 0 radical (unpaired) electrons. The standard InChI is InChI=1S/C21H26O8/c1-3-18(22)27-13-5-4-6-15(2)14-28-19(23)11-12-20(24)29-17-9-7-16(8-10-17)21(25)26/h3,7-10,15H,1,4-6,11-14H2,2H3,(H,25,26). The molecule has 29 heavy (non-hydrogen) atoms. The van der Waals surface area contributed by atoms with E-state index in [0.29, 0.717) is 6.61 Å². The van der Waals surface area contributed by atoms with E-state index in [9.17, 15) is 19.2 Å². The fraction of sp³-hybridized carbons (Fsp3) is 0.429. The number of carboxylic acid groups (broad SMARTS) is 1. The number of aromatic carboxylic acids is 1. The maximum absolute atomic E-state index is 11.8. The summed E-state index contributed by atoms with van der Waals surface area (Å²) in [4.78, 5) is 45.2. The van der Waals surface area contributed by atoms with Crippen LogP contribution in [0.4, 0.5) is 0 Å². The maximum Gasteiger partial charge on any atom is 0.335 e. The van der Waals surface area contributed by atoms with Gasteiger partial charge in [-0.05, 0) is 49.4 Å². The Morgan fingerprint density at radius 2 is 1.69 bits per heavy atom. The third-order valence-electron chi connectivity index (χ3n) is 3.90. The molecule has 1 N–H and O–H groups in total. The van der Waals surface area contributed by atoms with Crippen LogP contribution in [0.3, 0.4) is 0 Å². The van der Waals surface area contributed by atoms with Crippen LogP contribution in [0.2, 0.25) is 0 Å². The van der Waals surface area contributed by atoms with Crippen LogP contribution in [-0.2, 0) is 23.9 Å². The first-order chi connectivity index (χ1) is 13.8. The van der Waals surface area contributed by atoms with Crippen molar-refractivity contribution in [1.82, 2.24) is 0 Å². The number of benzene rings is 1. The van der Waals surface area contributed by atoms with Gasteiger partial charge in [-0.2, -0.15) is 0 Å². The van der Waals surface area contributed by atoms with Crippen molar-refractivity contribution in [2.45, 2.75) is 39.0 Å². The molecule has 0 aromatic heterocycles. The van der Waals surface area contributed by atoms with Gasteiger partial charge in [0.05, 0.1) is 31.6 Å². The minimum Gasteiger partial charge on any atom is -0.478 e. The largest absolute Gasteiger partial charge is 0.478 e. The Morgan fingerprint density at radius 1 is 1.03 bits per heavy atom. The molecule has 1 atom stereocenters.